The van der Waals surface area contributed by atoms with E-state index in [2.05, 4.69) is 15.9 Å². The van der Waals surface area contributed by atoms with Gasteiger partial charge in [0, 0.05) is 17.8 Å². The first-order valence-corrected chi connectivity index (χ1v) is 4.24. The van der Waals surface area contributed by atoms with Gasteiger partial charge in [-0.1, -0.05) is 15.9 Å². The van der Waals surface area contributed by atoms with E-state index in [1.54, 1.807) is 0 Å². The lowest BCUT2D eigenvalue weighted by atomic mass is 10.5. The molecule has 0 aromatic carbocycles. The molecule has 0 saturated carbocycles. The first kappa shape index (κ1) is 8.73. The van der Waals surface area contributed by atoms with Gasteiger partial charge in [-0.25, -0.2) is 0 Å². The molecule has 0 spiro atoms. The highest BCUT2D eigenvalue weighted by molar-refractivity contribution is 9.09. The molecule has 0 aliphatic heterocycles. The van der Waals surface area contributed by atoms with Crippen molar-refractivity contribution >= 4 is 27.5 Å². The predicted molar refractivity (Wildman–Crippen MR) is 39.9 cm³/mol. The third-order valence-electron chi connectivity index (χ3n) is 0.747. The van der Waals surface area contributed by atoms with Crippen molar-refractivity contribution in [2.75, 3.05) is 17.8 Å². The van der Waals surface area contributed by atoms with Gasteiger partial charge < -0.3 is 4.74 Å². The molecule has 0 radical (unpaired) electrons. The monoisotopic (exact) mass is 200 g/mol. The fourth-order valence-electron chi connectivity index (χ4n) is 0.366. The number of hydrogen-bond donors (Lipinski definition) is 0. The van der Waals surface area contributed by atoms with Crippen molar-refractivity contribution in [2.24, 2.45) is 0 Å². The van der Waals surface area contributed by atoms with Gasteiger partial charge in [-0.2, -0.15) is 0 Å². The molecule has 1 atom stereocenters. The van der Waals surface area contributed by atoms with Gasteiger partial charge in [0.1, 0.15) is 0 Å². The van der Waals surface area contributed by atoms with E-state index >= 15 is 0 Å². The molecular weight excluding hydrogens is 191 g/mol. The van der Waals surface area contributed by atoms with Gasteiger partial charge in [0.05, 0.1) is 6.10 Å². The van der Waals surface area contributed by atoms with Crippen molar-refractivity contribution in [2.45, 2.75) is 13.0 Å². The van der Waals surface area contributed by atoms with Crippen LogP contribution in [-0.2, 0) is 4.74 Å². The Balaban J connectivity index is 3.07. The number of rotatable bonds is 4. The lowest BCUT2D eigenvalue weighted by Crippen LogP contribution is -2.15. The summed E-state index contributed by atoms with van der Waals surface area (Å²) < 4.78 is 5.16. The average molecular weight is 201 g/mol. The smallest absolute Gasteiger partial charge is 0.0806 e. The summed E-state index contributed by atoms with van der Waals surface area (Å²) in [5.41, 5.74) is 0. The highest BCUT2D eigenvalue weighted by atomic mass is 79.9. The lowest BCUT2D eigenvalue weighted by molar-refractivity contribution is 0.0963. The third kappa shape index (κ3) is 3.70. The summed E-state index contributed by atoms with van der Waals surface area (Å²) in [6.45, 7) is 2.70. The molecule has 0 fully saturated rings. The molecule has 1 nitrogen and oxygen atoms in total. The van der Waals surface area contributed by atoms with Crippen LogP contribution in [-0.4, -0.2) is 23.9 Å². The standard InChI is InChI=1S/C5H10BrClO/c1-2-8-5(3-6)4-7/h5H,2-4H2,1H3. The minimum atomic E-state index is 0.182. The van der Waals surface area contributed by atoms with Crippen LogP contribution >= 0.6 is 27.5 Å². The van der Waals surface area contributed by atoms with Gasteiger partial charge in [-0.05, 0) is 6.92 Å². The zero-order chi connectivity index (χ0) is 6.41. The van der Waals surface area contributed by atoms with Crippen LogP contribution in [0.4, 0.5) is 0 Å². The summed E-state index contributed by atoms with van der Waals surface area (Å²) in [5.74, 6) is 0.569. The summed E-state index contributed by atoms with van der Waals surface area (Å²) >= 11 is 8.76. The molecule has 0 aliphatic rings. The van der Waals surface area contributed by atoms with Gasteiger partial charge in [0.25, 0.3) is 0 Å². The van der Waals surface area contributed by atoms with Gasteiger partial charge in [-0.15, -0.1) is 11.6 Å². The van der Waals surface area contributed by atoms with E-state index in [4.69, 9.17) is 16.3 Å². The Bertz CT molecular complexity index is 47.7. The molecule has 0 amide bonds. The van der Waals surface area contributed by atoms with E-state index in [-0.39, 0.29) is 6.10 Å². The highest BCUT2D eigenvalue weighted by Gasteiger charge is 2.01. The van der Waals surface area contributed by atoms with Crippen molar-refractivity contribution in [3.8, 4) is 0 Å². The summed E-state index contributed by atoms with van der Waals surface area (Å²) in [7, 11) is 0. The molecule has 0 heterocycles. The number of ether oxygens (including phenoxy) is 1. The normalized spacial score (nSPS) is 13.9. The minimum Gasteiger partial charge on any atom is -0.376 e. The number of halogens is 2. The summed E-state index contributed by atoms with van der Waals surface area (Å²) in [4.78, 5) is 0. The minimum absolute atomic E-state index is 0.182. The second kappa shape index (κ2) is 5.86. The van der Waals surface area contributed by atoms with E-state index in [1.807, 2.05) is 6.92 Å². The molecule has 8 heavy (non-hydrogen) atoms. The Hall–Kier alpha value is 0.730. The molecule has 0 aromatic rings. The molecule has 0 rings (SSSR count). The molecule has 1 unspecified atom stereocenters. The number of hydrogen-bond acceptors (Lipinski definition) is 1. The van der Waals surface area contributed by atoms with Crippen molar-refractivity contribution in [3.05, 3.63) is 0 Å². The SMILES string of the molecule is CCOC(CCl)CBr. The van der Waals surface area contributed by atoms with Crippen LogP contribution in [0.15, 0.2) is 0 Å². The van der Waals surface area contributed by atoms with Crippen LogP contribution in [0.25, 0.3) is 0 Å². The van der Waals surface area contributed by atoms with Crippen molar-refractivity contribution < 1.29 is 4.74 Å². The van der Waals surface area contributed by atoms with Crippen LogP contribution in [0.2, 0.25) is 0 Å². The summed E-state index contributed by atoms with van der Waals surface area (Å²) in [6.07, 6.45) is 0.182. The predicted octanol–water partition coefficient (Wildman–Crippen LogP) is 2.03. The molecule has 50 valence electrons. The quantitative estimate of drug-likeness (QED) is 0.633. The Labute approximate surface area is 63.5 Å². The molecule has 0 N–H and O–H groups in total. The topological polar surface area (TPSA) is 9.23 Å². The summed E-state index contributed by atoms with van der Waals surface area (Å²) in [6, 6.07) is 0. The van der Waals surface area contributed by atoms with Crippen molar-refractivity contribution in [1.29, 1.82) is 0 Å². The maximum absolute atomic E-state index is 5.49. The van der Waals surface area contributed by atoms with Crippen LogP contribution in [0.3, 0.4) is 0 Å². The van der Waals surface area contributed by atoms with E-state index in [1.165, 1.54) is 0 Å². The van der Waals surface area contributed by atoms with E-state index < -0.39 is 0 Å². The summed E-state index contributed by atoms with van der Waals surface area (Å²) in [5, 5.41) is 0.824. The van der Waals surface area contributed by atoms with Gasteiger partial charge in [0.15, 0.2) is 0 Å². The second-order valence-corrected chi connectivity index (χ2v) is 2.34. The third-order valence-corrected chi connectivity index (χ3v) is 1.81. The molecular formula is C5H10BrClO. The van der Waals surface area contributed by atoms with Crippen LogP contribution in [0.1, 0.15) is 6.92 Å². The Morgan fingerprint density at radius 1 is 1.75 bits per heavy atom. The van der Waals surface area contributed by atoms with Crippen molar-refractivity contribution in [1.82, 2.24) is 0 Å². The average Bonchev–Trinajstić information content (AvgIpc) is 1.83. The van der Waals surface area contributed by atoms with Crippen LogP contribution < -0.4 is 0 Å². The molecule has 3 heteroatoms. The Kier molecular flexibility index (Phi) is 6.39. The maximum atomic E-state index is 5.49. The molecule has 0 aliphatic carbocycles. The van der Waals surface area contributed by atoms with Crippen LogP contribution in [0, 0.1) is 0 Å². The van der Waals surface area contributed by atoms with Gasteiger partial charge >= 0.3 is 0 Å². The zero-order valence-corrected chi connectivity index (χ0v) is 7.20. The van der Waals surface area contributed by atoms with E-state index in [9.17, 15) is 0 Å². The maximum Gasteiger partial charge on any atom is 0.0806 e. The van der Waals surface area contributed by atoms with E-state index in [0.29, 0.717) is 5.88 Å². The first-order chi connectivity index (χ1) is 3.85. The van der Waals surface area contributed by atoms with Gasteiger partial charge in [-0.3, -0.25) is 0 Å². The lowest BCUT2D eigenvalue weighted by Gasteiger charge is -2.08. The zero-order valence-electron chi connectivity index (χ0n) is 4.86. The molecule has 0 saturated heterocycles. The number of alkyl halides is 2. The van der Waals surface area contributed by atoms with Gasteiger partial charge in [0.2, 0.25) is 0 Å². The molecule has 0 aromatic heterocycles. The fourth-order valence-corrected chi connectivity index (χ4v) is 1.24. The second-order valence-electron chi connectivity index (χ2n) is 1.39. The first-order valence-electron chi connectivity index (χ1n) is 2.58. The largest absolute Gasteiger partial charge is 0.376 e. The molecule has 0 bridgehead atoms. The Morgan fingerprint density at radius 3 is 2.50 bits per heavy atom. The fraction of sp³-hybridized carbons (Fsp3) is 1.00. The van der Waals surface area contributed by atoms with Crippen LogP contribution in [0.5, 0.6) is 0 Å². The Morgan fingerprint density at radius 2 is 2.38 bits per heavy atom. The van der Waals surface area contributed by atoms with Crippen molar-refractivity contribution in [3.63, 3.8) is 0 Å². The van der Waals surface area contributed by atoms with E-state index in [0.717, 1.165) is 11.9 Å². The highest BCUT2D eigenvalue weighted by Crippen LogP contribution is 1.98.